The molecule has 0 aliphatic carbocycles. The van der Waals surface area contributed by atoms with E-state index in [0.717, 1.165) is 22.0 Å². The molecule has 0 atom stereocenters. The first-order valence-electron chi connectivity index (χ1n) is 7.70. The van der Waals surface area contributed by atoms with Crippen molar-refractivity contribution in [2.45, 2.75) is 6.61 Å². The molecule has 1 aromatic heterocycles. The third kappa shape index (κ3) is 4.97. The second-order valence-electron chi connectivity index (χ2n) is 5.26. The molecule has 3 rings (SSSR count). The van der Waals surface area contributed by atoms with E-state index >= 15 is 0 Å². The normalized spacial score (nSPS) is 9.96. The van der Waals surface area contributed by atoms with E-state index in [1.807, 2.05) is 54.6 Å². The molecule has 0 bridgehead atoms. The van der Waals surface area contributed by atoms with Crippen molar-refractivity contribution < 1.29 is 9.53 Å². The molecule has 1 heterocycles. The van der Waals surface area contributed by atoms with E-state index in [-0.39, 0.29) is 13.2 Å². The Morgan fingerprint density at radius 3 is 2.80 bits per heavy atom. The Hall–Kier alpha value is -3.03. The van der Waals surface area contributed by atoms with Gasteiger partial charge in [-0.3, -0.25) is 0 Å². The van der Waals surface area contributed by atoms with Crippen molar-refractivity contribution in [3.8, 4) is 11.8 Å². The number of aromatic nitrogens is 1. The predicted molar refractivity (Wildman–Crippen MR) is 98.3 cm³/mol. The van der Waals surface area contributed by atoms with Crippen LogP contribution in [0.1, 0.15) is 11.1 Å². The van der Waals surface area contributed by atoms with Crippen LogP contribution in [0.5, 0.6) is 0 Å². The number of halogens is 1. The van der Waals surface area contributed by atoms with Crippen molar-refractivity contribution in [2.24, 2.45) is 0 Å². The van der Waals surface area contributed by atoms with E-state index in [9.17, 15) is 4.79 Å². The van der Waals surface area contributed by atoms with Crippen LogP contribution in [0.15, 0.2) is 60.7 Å². The van der Waals surface area contributed by atoms with Gasteiger partial charge in [0.2, 0.25) is 0 Å². The first-order valence-corrected chi connectivity index (χ1v) is 8.08. The zero-order valence-corrected chi connectivity index (χ0v) is 14.1. The number of rotatable bonds is 3. The van der Waals surface area contributed by atoms with Gasteiger partial charge in [0.1, 0.15) is 11.8 Å². The molecule has 1 amide bonds. The van der Waals surface area contributed by atoms with Crippen LogP contribution in [-0.2, 0) is 11.3 Å². The maximum absolute atomic E-state index is 11.6. The molecule has 2 aromatic carbocycles. The minimum absolute atomic E-state index is 0.213. The van der Waals surface area contributed by atoms with Gasteiger partial charge in [-0.1, -0.05) is 53.8 Å². The van der Waals surface area contributed by atoms with Crippen LogP contribution < -0.4 is 5.32 Å². The third-order valence-corrected chi connectivity index (χ3v) is 3.63. The van der Waals surface area contributed by atoms with Crippen molar-refractivity contribution >= 4 is 28.6 Å². The van der Waals surface area contributed by atoms with Crippen molar-refractivity contribution in [3.63, 3.8) is 0 Å². The minimum atomic E-state index is -0.490. The summed E-state index contributed by atoms with van der Waals surface area (Å²) in [6.45, 7) is 0.449. The van der Waals surface area contributed by atoms with Crippen LogP contribution in [0, 0.1) is 11.8 Å². The van der Waals surface area contributed by atoms with Gasteiger partial charge in [0.15, 0.2) is 0 Å². The van der Waals surface area contributed by atoms with Gasteiger partial charge in [0.05, 0.1) is 12.1 Å². The number of benzene rings is 2. The molecule has 0 spiro atoms. The van der Waals surface area contributed by atoms with Crippen molar-refractivity contribution in [1.82, 2.24) is 10.3 Å². The number of amides is 1. The predicted octanol–water partition coefficient (Wildman–Crippen LogP) is 4.17. The summed E-state index contributed by atoms with van der Waals surface area (Å²) in [7, 11) is 0. The van der Waals surface area contributed by atoms with Crippen LogP contribution >= 0.6 is 11.6 Å². The van der Waals surface area contributed by atoms with Gasteiger partial charge in [0, 0.05) is 10.9 Å². The molecule has 0 saturated carbocycles. The second-order valence-corrected chi connectivity index (χ2v) is 5.65. The van der Waals surface area contributed by atoms with Gasteiger partial charge in [0.25, 0.3) is 0 Å². The Balaban J connectivity index is 1.50. The van der Waals surface area contributed by atoms with Crippen molar-refractivity contribution in [1.29, 1.82) is 0 Å². The van der Waals surface area contributed by atoms with E-state index in [1.54, 1.807) is 6.07 Å². The number of pyridine rings is 1. The molecule has 4 nitrogen and oxygen atoms in total. The molecule has 3 aromatic rings. The molecule has 0 saturated heterocycles. The van der Waals surface area contributed by atoms with Crippen LogP contribution in [0.3, 0.4) is 0 Å². The fourth-order valence-corrected chi connectivity index (χ4v) is 2.37. The second kappa shape index (κ2) is 8.18. The number of hydrogen-bond donors (Lipinski definition) is 1. The number of ether oxygens (including phenoxy) is 1. The summed E-state index contributed by atoms with van der Waals surface area (Å²) in [6.07, 6.45) is -0.490. The maximum Gasteiger partial charge on any atom is 0.408 e. The lowest BCUT2D eigenvalue weighted by Gasteiger charge is -2.04. The number of alkyl carbamates (subject to hydrolysis) is 1. The summed E-state index contributed by atoms with van der Waals surface area (Å²) in [6, 6.07) is 18.8. The highest BCUT2D eigenvalue weighted by atomic mass is 35.5. The number of carbonyl (C=O) groups excluding carboxylic acids is 1. The van der Waals surface area contributed by atoms with Gasteiger partial charge < -0.3 is 10.1 Å². The van der Waals surface area contributed by atoms with E-state index in [1.165, 1.54) is 0 Å². The van der Waals surface area contributed by atoms with Gasteiger partial charge in [-0.15, -0.1) is 0 Å². The molecule has 124 valence electrons. The SMILES string of the molecule is O=C(NCC#Cc1ccc2nc(Cl)ccc2c1)OCc1ccccc1. The number of fused-ring (bicyclic) bond motifs is 1. The summed E-state index contributed by atoms with van der Waals surface area (Å²) < 4.78 is 5.11. The minimum Gasteiger partial charge on any atom is -0.445 e. The molecule has 0 fully saturated rings. The van der Waals surface area contributed by atoms with E-state index in [2.05, 4.69) is 22.1 Å². The molecule has 0 radical (unpaired) electrons. The highest BCUT2D eigenvalue weighted by molar-refractivity contribution is 6.29. The van der Waals surface area contributed by atoms with Crippen molar-refractivity contribution in [2.75, 3.05) is 6.54 Å². The fourth-order valence-electron chi connectivity index (χ4n) is 2.22. The third-order valence-electron chi connectivity index (χ3n) is 3.42. The smallest absolute Gasteiger partial charge is 0.408 e. The van der Waals surface area contributed by atoms with Gasteiger partial charge >= 0.3 is 6.09 Å². The summed E-state index contributed by atoms with van der Waals surface area (Å²) in [4.78, 5) is 15.8. The standard InChI is InChI=1S/C20H15ClN2O2/c21-19-11-9-17-13-15(8-10-18(17)23-19)7-4-12-22-20(24)25-14-16-5-2-1-3-6-16/h1-3,5-6,8-11,13H,12,14H2,(H,22,24). The highest BCUT2D eigenvalue weighted by Gasteiger charge is 2.00. The van der Waals surface area contributed by atoms with Gasteiger partial charge in [-0.2, -0.15) is 0 Å². The van der Waals surface area contributed by atoms with Crippen LogP contribution in [-0.4, -0.2) is 17.6 Å². The highest BCUT2D eigenvalue weighted by Crippen LogP contribution is 2.16. The first kappa shape index (κ1) is 16.8. The van der Waals surface area contributed by atoms with Crippen molar-refractivity contribution in [3.05, 3.63) is 76.9 Å². The molecule has 0 aliphatic heterocycles. The van der Waals surface area contributed by atoms with E-state index in [0.29, 0.717) is 5.15 Å². The molecule has 1 N–H and O–H groups in total. The monoisotopic (exact) mass is 350 g/mol. The molecule has 0 aliphatic rings. The average molecular weight is 351 g/mol. The van der Waals surface area contributed by atoms with Crippen LogP contribution in [0.4, 0.5) is 4.79 Å². The number of hydrogen-bond acceptors (Lipinski definition) is 3. The number of nitrogens with one attached hydrogen (secondary N) is 1. The number of carbonyl (C=O) groups is 1. The van der Waals surface area contributed by atoms with E-state index < -0.39 is 6.09 Å². The summed E-state index contributed by atoms with van der Waals surface area (Å²) in [5, 5.41) is 4.03. The quantitative estimate of drug-likeness (QED) is 0.570. The Morgan fingerprint density at radius 1 is 1.12 bits per heavy atom. The molecular weight excluding hydrogens is 336 g/mol. The Bertz CT molecular complexity index is 946. The Labute approximate surface area is 150 Å². The van der Waals surface area contributed by atoms with Gasteiger partial charge in [-0.25, -0.2) is 9.78 Å². The lowest BCUT2D eigenvalue weighted by Crippen LogP contribution is -2.24. The summed E-state index contributed by atoms with van der Waals surface area (Å²) >= 11 is 5.86. The zero-order chi connectivity index (χ0) is 17.5. The number of nitrogens with zero attached hydrogens (tertiary/aromatic N) is 1. The molecule has 25 heavy (non-hydrogen) atoms. The topological polar surface area (TPSA) is 51.2 Å². The zero-order valence-electron chi connectivity index (χ0n) is 13.3. The Kier molecular flexibility index (Phi) is 5.50. The van der Waals surface area contributed by atoms with E-state index in [4.69, 9.17) is 16.3 Å². The lowest BCUT2D eigenvalue weighted by atomic mass is 10.1. The summed E-state index contributed by atoms with van der Waals surface area (Å²) in [5.41, 5.74) is 2.60. The average Bonchev–Trinajstić information content (AvgIpc) is 2.64. The lowest BCUT2D eigenvalue weighted by molar-refractivity contribution is 0.141. The molecular formula is C20H15ClN2O2. The van der Waals surface area contributed by atoms with Gasteiger partial charge in [-0.05, 0) is 35.9 Å². The maximum atomic E-state index is 11.6. The summed E-state index contributed by atoms with van der Waals surface area (Å²) in [5.74, 6) is 5.90. The largest absolute Gasteiger partial charge is 0.445 e. The molecule has 5 heteroatoms. The van der Waals surface area contributed by atoms with Crippen LogP contribution in [0.25, 0.3) is 10.9 Å². The molecule has 0 unspecified atom stereocenters. The fraction of sp³-hybridized carbons (Fsp3) is 0.100. The van der Waals surface area contributed by atoms with Crippen LogP contribution in [0.2, 0.25) is 5.15 Å². The Morgan fingerprint density at radius 2 is 1.96 bits per heavy atom. The first-order chi connectivity index (χ1) is 12.2.